The van der Waals surface area contributed by atoms with Crippen molar-refractivity contribution in [2.45, 2.75) is 45.4 Å². The molecule has 2 unspecified atom stereocenters. The van der Waals surface area contributed by atoms with Gasteiger partial charge in [-0.1, -0.05) is 26.0 Å². The van der Waals surface area contributed by atoms with Crippen molar-refractivity contribution in [3.05, 3.63) is 41.5 Å². The number of aromatic nitrogens is 4. The predicted molar refractivity (Wildman–Crippen MR) is 88.0 cm³/mol. The summed E-state index contributed by atoms with van der Waals surface area (Å²) in [4.78, 5) is 2.27. The zero-order valence-corrected chi connectivity index (χ0v) is 15.4. The van der Waals surface area contributed by atoms with E-state index in [4.69, 9.17) is 4.74 Å². The molecule has 2 aromatic rings. The maximum absolute atomic E-state index is 13.3. The molecule has 138 valence electrons. The van der Waals surface area contributed by atoms with Gasteiger partial charge in [0.1, 0.15) is 5.82 Å². The van der Waals surface area contributed by atoms with Gasteiger partial charge in [-0.2, -0.15) is 0 Å². The van der Waals surface area contributed by atoms with Crippen LogP contribution in [-0.4, -0.2) is 50.9 Å². The molecular weight excluding hydrogens is 345 g/mol. The van der Waals surface area contributed by atoms with Crippen molar-refractivity contribution in [3.63, 3.8) is 0 Å². The van der Waals surface area contributed by atoms with E-state index in [2.05, 4.69) is 34.3 Å². The lowest BCUT2D eigenvalue weighted by Crippen LogP contribution is -3.00. The second-order valence-electron chi connectivity index (χ2n) is 6.03. The minimum absolute atomic E-state index is 0. The van der Waals surface area contributed by atoms with Crippen molar-refractivity contribution in [1.82, 2.24) is 25.1 Å². The van der Waals surface area contributed by atoms with Crippen molar-refractivity contribution in [3.8, 4) is 0 Å². The Morgan fingerprint density at radius 3 is 2.60 bits per heavy atom. The second-order valence-corrected chi connectivity index (χ2v) is 6.03. The summed E-state index contributed by atoms with van der Waals surface area (Å²) in [5.74, 6) is 0.539. The highest BCUT2D eigenvalue weighted by Gasteiger charge is 2.28. The number of benzene rings is 1. The topological polar surface area (TPSA) is 56.1 Å². The van der Waals surface area contributed by atoms with Crippen LogP contribution in [0.25, 0.3) is 0 Å². The van der Waals surface area contributed by atoms with Crippen molar-refractivity contribution >= 4 is 0 Å². The summed E-state index contributed by atoms with van der Waals surface area (Å²) in [7, 11) is 0. The van der Waals surface area contributed by atoms with Crippen LogP contribution in [0.1, 0.15) is 44.1 Å². The molecule has 1 saturated heterocycles. The van der Waals surface area contributed by atoms with E-state index in [1.807, 2.05) is 16.8 Å². The number of hydrogen-bond donors (Lipinski definition) is 0. The summed E-state index contributed by atoms with van der Waals surface area (Å²) in [5.41, 5.74) is 0.989. The standard InChI is InChI=1S/C17H24FN5O.ClH/c1-3-22(4-2)16(13-7-9-14(18)10-8-13)17-19-20-21-23(17)12-15-6-5-11-24-15;/h7-10,15-16H,3-6,11-12H2,1-2H3;1H/p-1. The Balaban J connectivity index is 0.00000225. The van der Waals surface area contributed by atoms with E-state index in [-0.39, 0.29) is 30.4 Å². The molecule has 1 aliphatic heterocycles. The Bertz CT molecular complexity index is 641. The Hall–Kier alpha value is -1.57. The van der Waals surface area contributed by atoms with Gasteiger partial charge in [-0.05, 0) is 54.1 Å². The molecule has 1 fully saturated rings. The van der Waals surface area contributed by atoms with Crippen molar-refractivity contribution < 1.29 is 21.5 Å². The predicted octanol–water partition coefficient (Wildman–Crippen LogP) is -0.574. The first-order chi connectivity index (χ1) is 11.7. The van der Waals surface area contributed by atoms with E-state index in [1.54, 1.807) is 0 Å². The van der Waals surface area contributed by atoms with Gasteiger partial charge in [0.05, 0.1) is 18.7 Å². The third-order valence-corrected chi connectivity index (χ3v) is 4.57. The lowest BCUT2D eigenvalue weighted by atomic mass is 10.0. The number of nitrogens with zero attached hydrogens (tertiary/aromatic N) is 5. The quantitative estimate of drug-likeness (QED) is 0.655. The van der Waals surface area contributed by atoms with E-state index in [1.165, 1.54) is 12.1 Å². The molecule has 0 aliphatic carbocycles. The molecule has 0 radical (unpaired) electrons. The zero-order chi connectivity index (χ0) is 16.9. The van der Waals surface area contributed by atoms with E-state index in [9.17, 15) is 4.39 Å². The first-order valence-electron chi connectivity index (χ1n) is 8.60. The highest BCUT2D eigenvalue weighted by atomic mass is 35.5. The number of ether oxygens (including phenoxy) is 1. The molecule has 0 bridgehead atoms. The Morgan fingerprint density at radius 1 is 1.28 bits per heavy atom. The fourth-order valence-corrected chi connectivity index (χ4v) is 3.28. The molecule has 0 spiro atoms. The average Bonchev–Trinajstić information content (AvgIpc) is 3.26. The van der Waals surface area contributed by atoms with Crippen LogP contribution in [0.4, 0.5) is 4.39 Å². The molecule has 1 aromatic carbocycles. The van der Waals surface area contributed by atoms with Gasteiger partial charge in [0, 0.05) is 6.61 Å². The number of hydrogen-bond acceptors (Lipinski definition) is 5. The monoisotopic (exact) mass is 368 g/mol. The SMILES string of the molecule is CCN(CC)C(c1ccc(F)cc1)c1nnnn1CC1CCCO1.[Cl-]. The average molecular weight is 369 g/mol. The lowest BCUT2D eigenvalue weighted by Gasteiger charge is -2.29. The van der Waals surface area contributed by atoms with Crippen molar-refractivity contribution in [1.29, 1.82) is 0 Å². The van der Waals surface area contributed by atoms with Crippen molar-refractivity contribution in [2.24, 2.45) is 0 Å². The summed E-state index contributed by atoms with van der Waals surface area (Å²) in [6, 6.07) is 6.49. The molecule has 0 saturated carbocycles. The van der Waals surface area contributed by atoms with E-state index >= 15 is 0 Å². The molecule has 1 aliphatic rings. The lowest BCUT2D eigenvalue weighted by molar-refractivity contribution is -0.00000750. The van der Waals surface area contributed by atoms with Gasteiger partial charge in [0.25, 0.3) is 0 Å². The fourth-order valence-electron chi connectivity index (χ4n) is 3.28. The molecular formula is C17H24ClFN5O-. The van der Waals surface area contributed by atoms with Crippen LogP contribution >= 0.6 is 0 Å². The van der Waals surface area contributed by atoms with Crippen LogP contribution in [0.2, 0.25) is 0 Å². The number of tetrazole rings is 1. The van der Waals surface area contributed by atoms with Gasteiger partial charge in [0.15, 0.2) is 5.82 Å². The Labute approximate surface area is 153 Å². The molecule has 2 heterocycles. The summed E-state index contributed by atoms with van der Waals surface area (Å²) < 4.78 is 20.9. The third-order valence-electron chi connectivity index (χ3n) is 4.57. The number of halogens is 2. The smallest absolute Gasteiger partial charge is 0.173 e. The third kappa shape index (κ3) is 4.54. The highest BCUT2D eigenvalue weighted by Crippen LogP contribution is 2.27. The van der Waals surface area contributed by atoms with E-state index in [0.29, 0.717) is 6.54 Å². The molecule has 3 rings (SSSR count). The van der Waals surface area contributed by atoms with Gasteiger partial charge in [-0.3, -0.25) is 4.90 Å². The van der Waals surface area contributed by atoms with E-state index < -0.39 is 0 Å². The van der Waals surface area contributed by atoms with E-state index in [0.717, 1.165) is 43.9 Å². The Kier molecular flexibility index (Phi) is 7.28. The largest absolute Gasteiger partial charge is 1.00 e. The summed E-state index contributed by atoms with van der Waals surface area (Å²) in [5, 5.41) is 12.3. The first-order valence-corrected chi connectivity index (χ1v) is 8.60. The van der Waals surface area contributed by atoms with Gasteiger partial charge < -0.3 is 17.1 Å². The minimum atomic E-state index is -0.240. The maximum Gasteiger partial charge on any atom is 0.173 e. The highest BCUT2D eigenvalue weighted by molar-refractivity contribution is 5.25. The van der Waals surface area contributed by atoms with Crippen LogP contribution in [0, 0.1) is 5.82 Å². The minimum Gasteiger partial charge on any atom is -1.00 e. The van der Waals surface area contributed by atoms with Crippen LogP contribution in [-0.2, 0) is 11.3 Å². The summed E-state index contributed by atoms with van der Waals surface area (Å²) in [6.45, 7) is 7.38. The second kappa shape index (κ2) is 9.22. The van der Waals surface area contributed by atoms with Gasteiger partial charge >= 0.3 is 0 Å². The van der Waals surface area contributed by atoms with Gasteiger partial charge in [0.2, 0.25) is 0 Å². The molecule has 0 N–H and O–H groups in total. The fraction of sp³-hybridized carbons (Fsp3) is 0.588. The first kappa shape index (κ1) is 19.8. The van der Waals surface area contributed by atoms with Crippen LogP contribution in [0.3, 0.4) is 0 Å². The Morgan fingerprint density at radius 2 is 2.00 bits per heavy atom. The molecule has 2 atom stereocenters. The maximum atomic E-state index is 13.3. The molecule has 1 aromatic heterocycles. The number of rotatable bonds is 7. The van der Waals surface area contributed by atoms with Crippen LogP contribution < -0.4 is 12.4 Å². The van der Waals surface area contributed by atoms with Crippen LogP contribution in [0.5, 0.6) is 0 Å². The summed E-state index contributed by atoms with van der Waals surface area (Å²) >= 11 is 0. The normalized spacial score (nSPS) is 18.3. The van der Waals surface area contributed by atoms with Gasteiger partial charge in [-0.15, -0.1) is 5.10 Å². The zero-order valence-electron chi connectivity index (χ0n) is 14.6. The molecule has 6 nitrogen and oxygen atoms in total. The molecule has 0 amide bonds. The van der Waals surface area contributed by atoms with Crippen LogP contribution in [0.15, 0.2) is 24.3 Å². The molecule has 25 heavy (non-hydrogen) atoms. The van der Waals surface area contributed by atoms with Crippen molar-refractivity contribution in [2.75, 3.05) is 19.7 Å². The van der Waals surface area contributed by atoms with Gasteiger partial charge in [-0.25, -0.2) is 9.07 Å². The molecule has 8 heteroatoms. The summed E-state index contributed by atoms with van der Waals surface area (Å²) in [6.07, 6.45) is 2.28.